The maximum absolute atomic E-state index is 11.1. The predicted molar refractivity (Wildman–Crippen MR) is 52.7 cm³/mol. The van der Waals surface area contributed by atoms with E-state index in [4.69, 9.17) is 15.9 Å². The molecule has 74 valence electrons. The number of carbonyl (C=O) groups is 1. The van der Waals surface area contributed by atoms with Gasteiger partial charge >= 0.3 is 5.97 Å². The molecule has 1 aliphatic rings. The zero-order valence-electron chi connectivity index (χ0n) is 7.58. The number of rotatable bonds is 3. The second-order valence-corrected chi connectivity index (χ2v) is 4.14. The number of nitrogens with one attached hydrogen (secondary N) is 1. The summed E-state index contributed by atoms with van der Waals surface area (Å²) in [6.45, 7) is 1.98. The summed E-state index contributed by atoms with van der Waals surface area (Å²) in [6.07, 6.45) is 1.56. The van der Waals surface area contributed by atoms with Crippen LogP contribution in [0.5, 0.6) is 0 Å². The fraction of sp³-hybridized carbons (Fsp3) is 0.750. The van der Waals surface area contributed by atoms with E-state index < -0.39 is 0 Å². The Balaban J connectivity index is 2.31. The number of amidine groups is 1. The van der Waals surface area contributed by atoms with Crippen LogP contribution in [-0.2, 0) is 9.53 Å². The molecular formula is C8H14N2O2S. The third kappa shape index (κ3) is 2.91. The van der Waals surface area contributed by atoms with E-state index >= 15 is 0 Å². The highest BCUT2D eigenvalue weighted by Crippen LogP contribution is 2.25. The minimum Gasteiger partial charge on any atom is -0.461 e. The van der Waals surface area contributed by atoms with Crippen LogP contribution in [-0.4, -0.2) is 23.0 Å². The lowest BCUT2D eigenvalue weighted by Gasteiger charge is -2.06. The van der Waals surface area contributed by atoms with Gasteiger partial charge in [0.25, 0.3) is 0 Å². The molecule has 3 N–H and O–H groups in total. The highest BCUT2D eigenvalue weighted by atomic mass is 32.2. The number of nitrogens with two attached hydrogens (primary N) is 1. The third-order valence-corrected chi connectivity index (χ3v) is 2.93. The first-order chi connectivity index (χ1) is 6.13. The maximum Gasteiger partial charge on any atom is 0.309 e. The molecule has 4 nitrogen and oxygen atoms in total. The number of hydrogen-bond acceptors (Lipinski definition) is 4. The van der Waals surface area contributed by atoms with Crippen molar-refractivity contribution in [1.82, 2.24) is 0 Å². The summed E-state index contributed by atoms with van der Waals surface area (Å²) in [5.41, 5.74) is 5.18. The van der Waals surface area contributed by atoms with E-state index in [1.54, 1.807) is 0 Å². The van der Waals surface area contributed by atoms with Crippen LogP contribution in [0.3, 0.4) is 0 Å². The van der Waals surface area contributed by atoms with Crippen LogP contribution >= 0.6 is 11.8 Å². The van der Waals surface area contributed by atoms with Crippen molar-refractivity contribution >= 4 is 22.9 Å². The Labute approximate surface area is 81.7 Å². The summed E-state index contributed by atoms with van der Waals surface area (Å²) >= 11 is 1.23. The monoisotopic (exact) mass is 202 g/mol. The number of hydrogen-bond donors (Lipinski definition) is 2. The second-order valence-electron chi connectivity index (χ2n) is 3.08. The number of esters is 1. The molecule has 2 atom stereocenters. The van der Waals surface area contributed by atoms with E-state index in [-0.39, 0.29) is 23.2 Å². The van der Waals surface area contributed by atoms with Crippen molar-refractivity contribution in [3.63, 3.8) is 0 Å². The van der Waals surface area contributed by atoms with Gasteiger partial charge in [-0.25, -0.2) is 0 Å². The number of thioether (sulfide) groups is 1. The van der Waals surface area contributed by atoms with Gasteiger partial charge in [-0.15, -0.1) is 0 Å². The van der Waals surface area contributed by atoms with Crippen LogP contribution in [0.4, 0.5) is 0 Å². The summed E-state index contributed by atoms with van der Waals surface area (Å²) in [7, 11) is 0. The Bertz CT molecular complexity index is 220. The van der Waals surface area contributed by atoms with Crippen LogP contribution < -0.4 is 5.73 Å². The minimum atomic E-state index is -0.100. The summed E-state index contributed by atoms with van der Waals surface area (Å²) in [5.74, 6) is 0.562. The molecule has 1 rings (SSSR count). The highest BCUT2D eigenvalue weighted by Gasteiger charge is 2.32. The van der Waals surface area contributed by atoms with Crippen molar-refractivity contribution < 1.29 is 9.53 Å². The third-order valence-electron chi connectivity index (χ3n) is 2.08. The Morgan fingerprint density at radius 3 is 3.00 bits per heavy atom. The highest BCUT2D eigenvalue weighted by molar-refractivity contribution is 8.13. The maximum atomic E-state index is 11.1. The average Bonchev–Trinajstić information content (AvgIpc) is 2.43. The van der Waals surface area contributed by atoms with Gasteiger partial charge in [0.15, 0.2) is 5.17 Å². The Hall–Kier alpha value is -0.710. The molecule has 0 saturated carbocycles. The molecule has 0 spiro atoms. The van der Waals surface area contributed by atoms with Gasteiger partial charge in [0, 0.05) is 5.75 Å². The second kappa shape index (κ2) is 4.50. The van der Waals surface area contributed by atoms with E-state index in [2.05, 4.69) is 0 Å². The minimum absolute atomic E-state index is 0.0497. The van der Waals surface area contributed by atoms with Gasteiger partial charge in [0.05, 0.1) is 5.92 Å². The summed E-state index contributed by atoms with van der Waals surface area (Å²) in [4.78, 5) is 11.1. The molecule has 0 radical (unpaired) electrons. The molecule has 0 aromatic rings. The molecule has 0 aliphatic carbocycles. The lowest BCUT2D eigenvalue weighted by molar-refractivity contribution is -0.143. The first kappa shape index (κ1) is 10.4. The molecular weight excluding hydrogens is 188 g/mol. The largest absolute Gasteiger partial charge is 0.461 e. The van der Waals surface area contributed by atoms with Crippen molar-refractivity contribution in [3.8, 4) is 0 Å². The first-order valence-corrected chi connectivity index (χ1v) is 5.29. The van der Waals surface area contributed by atoms with Gasteiger partial charge < -0.3 is 10.5 Å². The van der Waals surface area contributed by atoms with Gasteiger partial charge in [0.2, 0.25) is 0 Å². The Kier molecular flexibility index (Phi) is 3.59. The molecule has 0 aromatic heterocycles. The quantitative estimate of drug-likeness (QED) is 0.406. The lowest BCUT2D eigenvalue weighted by Crippen LogP contribution is -2.14. The van der Waals surface area contributed by atoms with Crippen LogP contribution in [0.15, 0.2) is 0 Å². The summed E-state index contributed by atoms with van der Waals surface area (Å²) < 4.78 is 5.10. The van der Waals surface area contributed by atoms with E-state index in [1.165, 1.54) is 11.8 Å². The number of ether oxygens (including phenoxy) is 1. The molecule has 0 bridgehead atoms. The summed E-state index contributed by atoms with van der Waals surface area (Å²) in [6, 6.07) is 0. The molecule has 0 unspecified atom stereocenters. The standard InChI is InChI=1S/C8H14N2O2S/c1-2-5-3-6(12-7(5)11)4-13-8(9)10/h5-6H,2-4H2,1H3,(H3,9,10)/t5-,6-/m1/s1. The van der Waals surface area contributed by atoms with Crippen molar-refractivity contribution in [2.24, 2.45) is 11.7 Å². The zero-order valence-corrected chi connectivity index (χ0v) is 8.39. The molecule has 0 amide bonds. The molecule has 1 fully saturated rings. The molecule has 1 aliphatic heterocycles. The molecule has 1 saturated heterocycles. The zero-order chi connectivity index (χ0) is 9.84. The SMILES string of the molecule is CC[C@@H]1C[C@H](CSC(=N)N)OC1=O. The van der Waals surface area contributed by atoms with Gasteiger partial charge in [0.1, 0.15) is 6.10 Å². The topological polar surface area (TPSA) is 76.2 Å². The van der Waals surface area contributed by atoms with E-state index in [1.807, 2.05) is 6.92 Å². The normalized spacial score (nSPS) is 27.3. The van der Waals surface area contributed by atoms with Gasteiger partial charge in [-0.1, -0.05) is 18.7 Å². The molecule has 0 aromatic carbocycles. The van der Waals surface area contributed by atoms with E-state index in [0.29, 0.717) is 5.75 Å². The van der Waals surface area contributed by atoms with E-state index in [0.717, 1.165) is 12.8 Å². The van der Waals surface area contributed by atoms with Crippen LogP contribution in [0.2, 0.25) is 0 Å². The van der Waals surface area contributed by atoms with Crippen LogP contribution in [0.25, 0.3) is 0 Å². The molecule has 5 heteroatoms. The smallest absolute Gasteiger partial charge is 0.309 e. The molecule has 13 heavy (non-hydrogen) atoms. The van der Waals surface area contributed by atoms with Crippen molar-refractivity contribution in [1.29, 1.82) is 5.41 Å². The number of cyclic esters (lactones) is 1. The van der Waals surface area contributed by atoms with Gasteiger partial charge in [-0.3, -0.25) is 10.2 Å². The molecule has 1 heterocycles. The fourth-order valence-electron chi connectivity index (χ4n) is 1.34. The van der Waals surface area contributed by atoms with E-state index in [9.17, 15) is 4.79 Å². The first-order valence-electron chi connectivity index (χ1n) is 4.30. The summed E-state index contributed by atoms with van der Waals surface area (Å²) in [5, 5.41) is 7.08. The van der Waals surface area contributed by atoms with Gasteiger partial charge in [-0.2, -0.15) is 0 Å². The lowest BCUT2D eigenvalue weighted by atomic mass is 10.0. The van der Waals surface area contributed by atoms with Crippen LogP contribution in [0.1, 0.15) is 19.8 Å². The Morgan fingerprint density at radius 2 is 2.54 bits per heavy atom. The van der Waals surface area contributed by atoms with Gasteiger partial charge in [-0.05, 0) is 12.8 Å². The average molecular weight is 202 g/mol. The Morgan fingerprint density at radius 1 is 1.85 bits per heavy atom. The van der Waals surface area contributed by atoms with Crippen molar-refractivity contribution in [2.45, 2.75) is 25.9 Å². The van der Waals surface area contributed by atoms with Crippen molar-refractivity contribution in [2.75, 3.05) is 5.75 Å². The van der Waals surface area contributed by atoms with Crippen molar-refractivity contribution in [3.05, 3.63) is 0 Å². The number of carbonyl (C=O) groups excluding carboxylic acids is 1. The fourth-order valence-corrected chi connectivity index (χ4v) is 1.91. The predicted octanol–water partition coefficient (Wildman–Crippen LogP) is 0.955. The van der Waals surface area contributed by atoms with Crippen LogP contribution in [0, 0.1) is 11.3 Å².